The second-order valence-electron chi connectivity index (χ2n) is 14.5. The van der Waals surface area contributed by atoms with Crippen LogP contribution in [0.4, 0.5) is 17.1 Å². The molecule has 0 spiro atoms. The largest absolute Gasteiger partial charge is 0.456 e. The third-order valence-corrected chi connectivity index (χ3v) is 11.2. The predicted octanol–water partition coefficient (Wildman–Crippen LogP) is 14.1. The standard InChI is InChI=1S/C49H33NO2/c1-49(2)38-21-11-8-19-35(38)36-26-25-32(28-39(36)49)50(40-22-12-9-17-33(40)30-14-4-3-5-15-30)41-29-44-47(46-37-20-10-13-23-42(37)52-48(41)46)45-34-18-7-6-16-31(34)24-27-43(45)51-44/h3-29H,1-2H3. The van der Waals surface area contributed by atoms with Crippen LogP contribution in [-0.2, 0) is 5.41 Å². The molecule has 0 unspecified atom stereocenters. The molecule has 1 aliphatic rings. The summed E-state index contributed by atoms with van der Waals surface area (Å²) in [5, 5.41) is 6.69. The smallest absolute Gasteiger partial charge is 0.160 e. The molecular formula is C49H33NO2. The summed E-state index contributed by atoms with van der Waals surface area (Å²) < 4.78 is 13.8. The number of hydrogen-bond donors (Lipinski definition) is 0. The highest BCUT2D eigenvalue weighted by molar-refractivity contribution is 6.32. The monoisotopic (exact) mass is 667 g/mol. The first-order valence-corrected chi connectivity index (χ1v) is 17.9. The maximum absolute atomic E-state index is 6.99. The van der Waals surface area contributed by atoms with Crippen LogP contribution >= 0.6 is 0 Å². The fourth-order valence-corrected chi connectivity index (χ4v) is 8.84. The molecule has 52 heavy (non-hydrogen) atoms. The molecule has 0 amide bonds. The Bertz CT molecular complexity index is 3050. The third-order valence-electron chi connectivity index (χ3n) is 11.2. The highest BCUT2D eigenvalue weighted by Crippen LogP contribution is 2.53. The summed E-state index contributed by atoms with van der Waals surface area (Å²) in [7, 11) is 0. The average molecular weight is 668 g/mol. The zero-order valence-electron chi connectivity index (χ0n) is 28.9. The SMILES string of the molecule is CC1(C)c2ccccc2-c2ccc(N(c3ccccc3-c3ccccc3)c3cc4oc5ccc6ccccc6c5c4c4c3oc3ccccc34)cc21. The lowest BCUT2D eigenvalue weighted by molar-refractivity contribution is 0.660. The Labute approximate surface area is 301 Å². The molecule has 8 aromatic carbocycles. The Morgan fingerprint density at radius 1 is 0.442 bits per heavy atom. The fourth-order valence-electron chi connectivity index (χ4n) is 8.84. The Morgan fingerprint density at radius 2 is 1.15 bits per heavy atom. The number of para-hydroxylation sites is 2. The van der Waals surface area contributed by atoms with E-state index < -0.39 is 0 Å². The summed E-state index contributed by atoms with van der Waals surface area (Å²) >= 11 is 0. The maximum Gasteiger partial charge on any atom is 0.160 e. The van der Waals surface area contributed by atoms with E-state index in [1.54, 1.807) is 0 Å². The van der Waals surface area contributed by atoms with Crippen LogP contribution in [0.1, 0.15) is 25.0 Å². The molecule has 246 valence electrons. The molecule has 0 fully saturated rings. The Balaban J connectivity index is 1.28. The quantitative estimate of drug-likeness (QED) is 0.187. The lowest BCUT2D eigenvalue weighted by Crippen LogP contribution is -2.17. The number of hydrogen-bond acceptors (Lipinski definition) is 3. The lowest BCUT2D eigenvalue weighted by Gasteiger charge is -2.29. The van der Waals surface area contributed by atoms with Gasteiger partial charge in [-0.05, 0) is 68.9 Å². The first kappa shape index (κ1) is 29.2. The van der Waals surface area contributed by atoms with Gasteiger partial charge in [0.25, 0.3) is 0 Å². The van der Waals surface area contributed by atoms with Crippen LogP contribution in [0.5, 0.6) is 0 Å². The predicted molar refractivity (Wildman–Crippen MR) is 216 cm³/mol. The van der Waals surface area contributed by atoms with Crippen molar-refractivity contribution in [3.63, 3.8) is 0 Å². The summed E-state index contributed by atoms with van der Waals surface area (Å²) in [5.41, 5.74) is 13.8. The highest BCUT2D eigenvalue weighted by atomic mass is 16.3. The first-order valence-electron chi connectivity index (χ1n) is 17.9. The van der Waals surface area contributed by atoms with Gasteiger partial charge in [-0.15, -0.1) is 0 Å². The van der Waals surface area contributed by atoms with Crippen molar-refractivity contribution in [2.75, 3.05) is 4.90 Å². The van der Waals surface area contributed by atoms with Gasteiger partial charge >= 0.3 is 0 Å². The van der Waals surface area contributed by atoms with Gasteiger partial charge in [-0.1, -0.05) is 141 Å². The molecule has 2 heterocycles. The minimum Gasteiger partial charge on any atom is -0.456 e. The van der Waals surface area contributed by atoms with E-state index in [2.05, 4.69) is 176 Å². The molecule has 0 saturated heterocycles. The molecule has 3 heteroatoms. The van der Waals surface area contributed by atoms with Gasteiger partial charge < -0.3 is 13.7 Å². The normalized spacial score (nSPS) is 13.3. The molecule has 0 saturated carbocycles. The minimum atomic E-state index is -0.162. The van der Waals surface area contributed by atoms with Crippen molar-refractivity contribution in [3.05, 3.63) is 175 Å². The summed E-state index contributed by atoms with van der Waals surface area (Å²) in [6.45, 7) is 4.68. The zero-order valence-corrected chi connectivity index (χ0v) is 28.9. The van der Waals surface area contributed by atoms with Gasteiger partial charge in [0.15, 0.2) is 5.58 Å². The van der Waals surface area contributed by atoms with Gasteiger partial charge in [-0.25, -0.2) is 0 Å². The van der Waals surface area contributed by atoms with Crippen molar-refractivity contribution in [1.29, 1.82) is 0 Å². The fraction of sp³-hybridized carbons (Fsp3) is 0.0612. The van der Waals surface area contributed by atoms with E-state index in [9.17, 15) is 0 Å². The van der Waals surface area contributed by atoms with Crippen LogP contribution in [0, 0.1) is 0 Å². The van der Waals surface area contributed by atoms with Gasteiger partial charge in [0.1, 0.15) is 16.7 Å². The molecule has 1 aliphatic carbocycles. The molecule has 0 aliphatic heterocycles. The molecular weight excluding hydrogens is 635 g/mol. The van der Waals surface area contributed by atoms with Gasteiger partial charge in [-0.2, -0.15) is 0 Å². The summed E-state index contributed by atoms with van der Waals surface area (Å²) in [6, 6.07) is 58.5. The highest BCUT2D eigenvalue weighted by Gasteiger charge is 2.36. The second kappa shape index (κ2) is 10.7. The van der Waals surface area contributed by atoms with Crippen molar-refractivity contribution in [2.45, 2.75) is 19.3 Å². The van der Waals surface area contributed by atoms with Crippen LogP contribution in [0.2, 0.25) is 0 Å². The molecule has 0 bridgehead atoms. The lowest BCUT2D eigenvalue weighted by atomic mass is 9.82. The molecule has 2 aromatic heterocycles. The van der Waals surface area contributed by atoms with Crippen LogP contribution in [0.25, 0.3) is 76.9 Å². The first-order chi connectivity index (χ1) is 25.6. The maximum atomic E-state index is 6.99. The van der Waals surface area contributed by atoms with E-state index >= 15 is 0 Å². The minimum absolute atomic E-state index is 0.162. The number of fused-ring (bicyclic) bond motifs is 12. The molecule has 3 nitrogen and oxygen atoms in total. The van der Waals surface area contributed by atoms with E-state index in [1.807, 2.05) is 6.07 Å². The van der Waals surface area contributed by atoms with Crippen molar-refractivity contribution < 1.29 is 8.83 Å². The van der Waals surface area contributed by atoms with Crippen LogP contribution in [0.15, 0.2) is 173 Å². The zero-order chi connectivity index (χ0) is 34.6. The topological polar surface area (TPSA) is 29.5 Å². The molecule has 11 rings (SSSR count). The van der Waals surface area contributed by atoms with Gasteiger partial charge in [0, 0.05) is 44.3 Å². The van der Waals surface area contributed by atoms with Crippen LogP contribution < -0.4 is 4.90 Å². The Hall–Kier alpha value is -6.58. The van der Waals surface area contributed by atoms with Gasteiger partial charge in [0.05, 0.1) is 11.4 Å². The van der Waals surface area contributed by atoms with Crippen LogP contribution in [0.3, 0.4) is 0 Å². The van der Waals surface area contributed by atoms with Crippen molar-refractivity contribution >= 4 is 71.7 Å². The van der Waals surface area contributed by atoms with Crippen molar-refractivity contribution in [2.24, 2.45) is 0 Å². The van der Waals surface area contributed by atoms with Crippen LogP contribution in [-0.4, -0.2) is 0 Å². The van der Waals surface area contributed by atoms with E-state index in [-0.39, 0.29) is 5.41 Å². The van der Waals surface area contributed by atoms with Gasteiger partial charge in [0.2, 0.25) is 0 Å². The summed E-state index contributed by atoms with van der Waals surface area (Å²) in [6.07, 6.45) is 0. The number of anilines is 3. The molecule has 0 N–H and O–H groups in total. The number of nitrogens with zero attached hydrogens (tertiary/aromatic N) is 1. The molecule has 10 aromatic rings. The van der Waals surface area contributed by atoms with Crippen molar-refractivity contribution in [1.82, 2.24) is 0 Å². The average Bonchev–Trinajstić information content (AvgIpc) is 3.83. The van der Waals surface area contributed by atoms with E-state index in [0.717, 1.165) is 72.1 Å². The van der Waals surface area contributed by atoms with E-state index in [1.165, 1.54) is 33.0 Å². The molecule has 0 radical (unpaired) electrons. The molecule has 0 atom stereocenters. The number of rotatable bonds is 4. The van der Waals surface area contributed by atoms with Crippen molar-refractivity contribution in [3.8, 4) is 22.3 Å². The Kier molecular flexibility index (Phi) is 6.01. The second-order valence-corrected chi connectivity index (χ2v) is 14.5. The van der Waals surface area contributed by atoms with E-state index in [0.29, 0.717) is 0 Å². The summed E-state index contributed by atoms with van der Waals surface area (Å²) in [5.74, 6) is 0. The third kappa shape index (κ3) is 4.02. The summed E-state index contributed by atoms with van der Waals surface area (Å²) in [4.78, 5) is 2.39. The van der Waals surface area contributed by atoms with E-state index in [4.69, 9.17) is 8.83 Å². The number of benzene rings is 8. The van der Waals surface area contributed by atoms with Gasteiger partial charge in [-0.3, -0.25) is 0 Å². The Morgan fingerprint density at radius 3 is 2.04 bits per heavy atom. The number of furan rings is 2.